The number of benzene rings is 2. The molecule has 27 heavy (non-hydrogen) atoms. The van der Waals surface area contributed by atoms with E-state index in [-0.39, 0.29) is 11.7 Å². The van der Waals surface area contributed by atoms with Gasteiger partial charge >= 0.3 is 0 Å². The average molecular weight is 361 g/mol. The van der Waals surface area contributed by atoms with Crippen molar-refractivity contribution < 1.29 is 9.90 Å². The highest BCUT2D eigenvalue weighted by molar-refractivity contribution is 5.97. The summed E-state index contributed by atoms with van der Waals surface area (Å²) in [5.41, 5.74) is 4.88. The van der Waals surface area contributed by atoms with E-state index in [4.69, 9.17) is 0 Å². The van der Waals surface area contributed by atoms with Crippen LogP contribution < -0.4 is 0 Å². The predicted octanol–water partition coefficient (Wildman–Crippen LogP) is 4.00. The summed E-state index contributed by atoms with van der Waals surface area (Å²) in [5, 5.41) is 9.72. The lowest BCUT2D eigenvalue weighted by atomic mass is 10.1. The largest absolute Gasteiger partial charge is 0.508 e. The van der Waals surface area contributed by atoms with Gasteiger partial charge in [-0.3, -0.25) is 4.79 Å². The Kier molecular flexibility index (Phi) is 4.52. The van der Waals surface area contributed by atoms with E-state index >= 15 is 0 Å². The van der Waals surface area contributed by atoms with Crippen LogP contribution in [0.1, 0.15) is 40.2 Å². The van der Waals surface area contributed by atoms with Gasteiger partial charge in [0.25, 0.3) is 5.91 Å². The lowest BCUT2D eigenvalue weighted by Crippen LogP contribution is -2.32. The van der Waals surface area contributed by atoms with Gasteiger partial charge in [-0.25, -0.2) is 9.97 Å². The Bertz CT molecular complexity index is 1010. The van der Waals surface area contributed by atoms with Gasteiger partial charge in [0.05, 0.1) is 22.4 Å². The van der Waals surface area contributed by atoms with Crippen LogP contribution in [0.4, 0.5) is 0 Å². The highest BCUT2D eigenvalue weighted by atomic mass is 16.3. The van der Waals surface area contributed by atoms with Crippen molar-refractivity contribution in [2.24, 2.45) is 5.92 Å². The molecule has 0 aliphatic heterocycles. The smallest absolute Gasteiger partial charge is 0.254 e. The van der Waals surface area contributed by atoms with Gasteiger partial charge < -0.3 is 10.0 Å². The Morgan fingerprint density at radius 1 is 1.07 bits per heavy atom. The number of amides is 1. The molecule has 0 unspecified atom stereocenters. The summed E-state index contributed by atoms with van der Waals surface area (Å²) in [6.45, 7) is 5.09. The molecule has 3 aromatic rings. The van der Waals surface area contributed by atoms with Crippen LogP contribution in [0.5, 0.6) is 5.75 Å². The molecule has 5 heteroatoms. The molecule has 138 valence electrons. The zero-order chi connectivity index (χ0) is 19.0. The number of fused-ring (bicyclic) bond motifs is 1. The van der Waals surface area contributed by atoms with E-state index in [1.54, 1.807) is 18.2 Å². The van der Waals surface area contributed by atoms with Crippen LogP contribution in [0.25, 0.3) is 11.0 Å². The standard InChI is InChI=1S/C22H23N3O2/c1-14-15(2)24-21-11-18(8-9-20(21)23-14)22(27)25(12-16-6-7-16)13-17-4-3-5-19(26)10-17/h3-5,8-11,16,26H,6-7,12-13H2,1-2H3. The van der Waals surface area contributed by atoms with Crippen LogP contribution in [0.2, 0.25) is 0 Å². The van der Waals surface area contributed by atoms with Crippen molar-refractivity contribution in [3.8, 4) is 5.75 Å². The first-order chi connectivity index (χ1) is 13.0. The second-order valence-corrected chi connectivity index (χ2v) is 7.40. The fraction of sp³-hybridized carbons (Fsp3) is 0.318. The lowest BCUT2D eigenvalue weighted by molar-refractivity contribution is 0.0735. The van der Waals surface area contributed by atoms with E-state index in [0.29, 0.717) is 18.0 Å². The zero-order valence-electron chi connectivity index (χ0n) is 15.6. The van der Waals surface area contributed by atoms with Crippen LogP contribution in [0, 0.1) is 19.8 Å². The van der Waals surface area contributed by atoms with Gasteiger partial charge in [0.2, 0.25) is 0 Å². The molecule has 1 heterocycles. The quantitative estimate of drug-likeness (QED) is 0.746. The first-order valence-electron chi connectivity index (χ1n) is 9.32. The third-order valence-electron chi connectivity index (χ3n) is 5.07. The van der Waals surface area contributed by atoms with Crippen molar-refractivity contribution in [3.05, 3.63) is 65.0 Å². The predicted molar refractivity (Wildman–Crippen MR) is 105 cm³/mol. The molecule has 0 spiro atoms. The number of carbonyl (C=O) groups excluding carboxylic acids is 1. The molecule has 1 aliphatic carbocycles. The van der Waals surface area contributed by atoms with Crippen LogP contribution in [0.3, 0.4) is 0 Å². The SMILES string of the molecule is Cc1nc2ccc(C(=O)N(Cc3cccc(O)c3)CC3CC3)cc2nc1C. The molecule has 1 amide bonds. The van der Waals surface area contributed by atoms with Crippen LogP contribution in [-0.2, 0) is 6.54 Å². The second kappa shape index (κ2) is 6.99. The summed E-state index contributed by atoms with van der Waals surface area (Å²) in [7, 11) is 0. The monoisotopic (exact) mass is 361 g/mol. The number of hydrogen-bond acceptors (Lipinski definition) is 4. The van der Waals surface area contributed by atoms with E-state index in [1.165, 1.54) is 12.8 Å². The molecule has 0 radical (unpaired) electrons. The molecule has 5 nitrogen and oxygen atoms in total. The molecule has 1 aromatic heterocycles. The number of phenolic OH excluding ortho intramolecular Hbond substituents is 1. The minimum absolute atomic E-state index is 0.00725. The number of hydrogen-bond donors (Lipinski definition) is 1. The molecule has 4 rings (SSSR count). The van der Waals surface area contributed by atoms with Gasteiger partial charge in [-0.05, 0) is 68.5 Å². The summed E-state index contributed by atoms with van der Waals surface area (Å²) < 4.78 is 0. The molecular formula is C22H23N3O2. The number of carbonyl (C=O) groups is 1. The minimum atomic E-state index is -0.00725. The molecular weight excluding hydrogens is 338 g/mol. The van der Waals surface area contributed by atoms with Gasteiger partial charge in [-0.2, -0.15) is 0 Å². The first-order valence-corrected chi connectivity index (χ1v) is 9.32. The van der Waals surface area contributed by atoms with E-state index in [2.05, 4.69) is 9.97 Å². The highest BCUT2D eigenvalue weighted by Crippen LogP contribution is 2.31. The van der Waals surface area contributed by atoms with Crippen molar-refractivity contribution in [3.63, 3.8) is 0 Å². The van der Waals surface area contributed by atoms with Crippen molar-refractivity contribution in [1.29, 1.82) is 0 Å². The van der Waals surface area contributed by atoms with Crippen LogP contribution in [-0.4, -0.2) is 32.4 Å². The molecule has 0 atom stereocenters. The van der Waals surface area contributed by atoms with E-state index in [0.717, 1.165) is 34.5 Å². The molecule has 1 aliphatic rings. The lowest BCUT2D eigenvalue weighted by Gasteiger charge is -2.23. The number of aromatic hydroxyl groups is 1. The maximum absolute atomic E-state index is 13.2. The van der Waals surface area contributed by atoms with E-state index < -0.39 is 0 Å². The zero-order valence-corrected chi connectivity index (χ0v) is 15.6. The fourth-order valence-electron chi connectivity index (χ4n) is 3.25. The molecule has 2 aromatic carbocycles. The summed E-state index contributed by atoms with van der Waals surface area (Å²) in [6, 6.07) is 12.6. The molecule has 0 saturated heterocycles. The Morgan fingerprint density at radius 3 is 2.52 bits per heavy atom. The van der Waals surface area contributed by atoms with E-state index in [9.17, 15) is 9.90 Å². The number of phenols is 1. The molecule has 1 saturated carbocycles. The third kappa shape index (κ3) is 3.92. The maximum Gasteiger partial charge on any atom is 0.254 e. The number of aromatic nitrogens is 2. The summed E-state index contributed by atoms with van der Waals surface area (Å²) in [4.78, 5) is 24.2. The molecule has 0 bridgehead atoms. The highest BCUT2D eigenvalue weighted by Gasteiger charge is 2.27. The number of rotatable bonds is 5. The van der Waals surface area contributed by atoms with Gasteiger partial charge in [0.15, 0.2) is 0 Å². The Morgan fingerprint density at radius 2 is 1.81 bits per heavy atom. The number of aryl methyl sites for hydroxylation is 2. The maximum atomic E-state index is 13.2. The Balaban J connectivity index is 1.64. The van der Waals surface area contributed by atoms with Crippen LogP contribution in [0.15, 0.2) is 42.5 Å². The summed E-state index contributed by atoms with van der Waals surface area (Å²) >= 11 is 0. The van der Waals surface area contributed by atoms with Crippen molar-refractivity contribution in [1.82, 2.24) is 14.9 Å². The molecule has 1 fully saturated rings. The number of nitrogens with zero attached hydrogens (tertiary/aromatic N) is 3. The first kappa shape index (κ1) is 17.5. The Labute approximate surface area is 158 Å². The van der Waals surface area contributed by atoms with Gasteiger partial charge in [-0.1, -0.05) is 12.1 Å². The topological polar surface area (TPSA) is 66.3 Å². The average Bonchev–Trinajstić information content (AvgIpc) is 3.45. The van der Waals surface area contributed by atoms with Crippen LogP contribution >= 0.6 is 0 Å². The minimum Gasteiger partial charge on any atom is -0.508 e. The van der Waals surface area contributed by atoms with Gasteiger partial charge in [0.1, 0.15) is 5.75 Å². The van der Waals surface area contributed by atoms with E-state index in [1.807, 2.05) is 43.0 Å². The van der Waals surface area contributed by atoms with Gasteiger partial charge in [-0.15, -0.1) is 0 Å². The second-order valence-electron chi connectivity index (χ2n) is 7.40. The summed E-state index contributed by atoms with van der Waals surface area (Å²) in [6.07, 6.45) is 2.34. The summed E-state index contributed by atoms with van der Waals surface area (Å²) in [5.74, 6) is 0.793. The Hall–Kier alpha value is -2.95. The fourth-order valence-corrected chi connectivity index (χ4v) is 3.25. The normalized spacial score (nSPS) is 13.7. The van der Waals surface area contributed by atoms with Crippen molar-refractivity contribution in [2.75, 3.05) is 6.54 Å². The van der Waals surface area contributed by atoms with Crippen molar-refractivity contribution in [2.45, 2.75) is 33.2 Å². The third-order valence-corrected chi connectivity index (χ3v) is 5.07. The molecule has 1 N–H and O–H groups in total. The van der Waals surface area contributed by atoms with Gasteiger partial charge in [0, 0.05) is 18.7 Å². The van der Waals surface area contributed by atoms with Crippen molar-refractivity contribution >= 4 is 16.9 Å².